The summed E-state index contributed by atoms with van der Waals surface area (Å²) in [7, 11) is 0. The molecule has 1 aliphatic carbocycles. The molecule has 4 heteroatoms. The third-order valence-corrected chi connectivity index (χ3v) is 2.97. The average molecular weight is 194 g/mol. The monoisotopic (exact) mass is 194 g/mol. The predicted octanol–water partition coefficient (Wildman–Crippen LogP) is 1.59. The van der Waals surface area contributed by atoms with E-state index in [0.29, 0.717) is 18.5 Å². The topological polar surface area (TPSA) is 56.7 Å². The fraction of sp³-hybridized carbons (Fsp3) is 0.800. The Hall–Kier alpha value is -0.900. The van der Waals surface area contributed by atoms with Crippen molar-refractivity contribution < 1.29 is 0 Å². The van der Waals surface area contributed by atoms with E-state index in [4.69, 9.17) is 5.73 Å². The molecule has 0 bridgehead atoms. The van der Waals surface area contributed by atoms with Gasteiger partial charge in [0.2, 0.25) is 0 Å². The van der Waals surface area contributed by atoms with Gasteiger partial charge in [0.05, 0.1) is 17.4 Å². The van der Waals surface area contributed by atoms with Crippen molar-refractivity contribution in [1.29, 1.82) is 0 Å². The molecule has 0 aromatic carbocycles. The summed E-state index contributed by atoms with van der Waals surface area (Å²) in [5.41, 5.74) is 7.94. The minimum atomic E-state index is 0.443. The molecule has 1 aliphatic rings. The molecule has 4 nitrogen and oxygen atoms in total. The molecule has 1 fully saturated rings. The zero-order valence-corrected chi connectivity index (χ0v) is 8.90. The quantitative estimate of drug-likeness (QED) is 0.791. The molecule has 1 aromatic heterocycles. The molecule has 1 unspecified atom stereocenters. The van der Waals surface area contributed by atoms with E-state index in [1.54, 1.807) is 0 Å². The van der Waals surface area contributed by atoms with Crippen LogP contribution in [0.15, 0.2) is 0 Å². The van der Waals surface area contributed by atoms with Crippen LogP contribution in [0.4, 0.5) is 0 Å². The van der Waals surface area contributed by atoms with Gasteiger partial charge in [-0.15, -0.1) is 5.10 Å². The SMILES string of the molecule is CCC(C)n1nnc(CN)c1C1CC1. The highest BCUT2D eigenvalue weighted by Gasteiger charge is 2.31. The van der Waals surface area contributed by atoms with Gasteiger partial charge in [0.25, 0.3) is 0 Å². The number of aromatic nitrogens is 3. The first-order valence-electron chi connectivity index (χ1n) is 5.42. The zero-order chi connectivity index (χ0) is 10.1. The Morgan fingerprint density at radius 2 is 2.29 bits per heavy atom. The molecule has 2 rings (SSSR count). The predicted molar refractivity (Wildman–Crippen MR) is 54.9 cm³/mol. The maximum atomic E-state index is 5.66. The maximum Gasteiger partial charge on any atom is 0.0997 e. The van der Waals surface area contributed by atoms with Crippen molar-refractivity contribution in [3.63, 3.8) is 0 Å². The van der Waals surface area contributed by atoms with Crippen LogP contribution in [0.5, 0.6) is 0 Å². The van der Waals surface area contributed by atoms with Crippen LogP contribution >= 0.6 is 0 Å². The summed E-state index contributed by atoms with van der Waals surface area (Å²) in [6.45, 7) is 4.87. The number of hydrogen-bond donors (Lipinski definition) is 1. The van der Waals surface area contributed by atoms with Crippen LogP contribution in [-0.4, -0.2) is 15.0 Å². The van der Waals surface area contributed by atoms with Crippen molar-refractivity contribution in [2.45, 2.75) is 51.6 Å². The van der Waals surface area contributed by atoms with E-state index in [9.17, 15) is 0 Å². The Balaban J connectivity index is 2.33. The van der Waals surface area contributed by atoms with Gasteiger partial charge < -0.3 is 5.73 Å². The lowest BCUT2D eigenvalue weighted by atomic mass is 10.2. The highest BCUT2D eigenvalue weighted by atomic mass is 15.4. The van der Waals surface area contributed by atoms with E-state index in [1.165, 1.54) is 18.5 Å². The van der Waals surface area contributed by atoms with E-state index >= 15 is 0 Å². The van der Waals surface area contributed by atoms with Crippen LogP contribution in [0, 0.1) is 0 Å². The Morgan fingerprint density at radius 3 is 2.79 bits per heavy atom. The fourth-order valence-electron chi connectivity index (χ4n) is 1.76. The van der Waals surface area contributed by atoms with Crippen LogP contribution in [0.25, 0.3) is 0 Å². The number of nitrogens with two attached hydrogens (primary N) is 1. The van der Waals surface area contributed by atoms with Crippen LogP contribution in [0.1, 0.15) is 56.5 Å². The van der Waals surface area contributed by atoms with E-state index in [1.807, 2.05) is 0 Å². The average Bonchev–Trinajstić information content (AvgIpc) is 2.96. The molecule has 0 aliphatic heterocycles. The highest BCUT2D eigenvalue weighted by Crippen LogP contribution is 2.42. The zero-order valence-electron chi connectivity index (χ0n) is 8.90. The van der Waals surface area contributed by atoms with Crippen LogP contribution in [-0.2, 0) is 6.54 Å². The van der Waals surface area contributed by atoms with Gasteiger partial charge >= 0.3 is 0 Å². The normalized spacial score (nSPS) is 18.5. The van der Waals surface area contributed by atoms with Gasteiger partial charge in [-0.3, -0.25) is 0 Å². The molecule has 2 N–H and O–H groups in total. The van der Waals surface area contributed by atoms with Gasteiger partial charge in [0.15, 0.2) is 0 Å². The first kappa shape index (κ1) is 9.65. The second-order valence-corrected chi connectivity index (χ2v) is 4.10. The van der Waals surface area contributed by atoms with Crippen molar-refractivity contribution in [2.75, 3.05) is 0 Å². The standard InChI is InChI=1S/C10H18N4/c1-3-7(2)14-10(8-4-5-8)9(6-11)12-13-14/h7-8H,3-6,11H2,1-2H3. The van der Waals surface area contributed by atoms with E-state index in [0.717, 1.165) is 12.1 Å². The number of hydrogen-bond acceptors (Lipinski definition) is 3. The lowest BCUT2D eigenvalue weighted by Crippen LogP contribution is -2.10. The number of rotatable bonds is 4. The molecular formula is C10H18N4. The molecule has 1 saturated carbocycles. The fourth-order valence-corrected chi connectivity index (χ4v) is 1.76. The third-order valence-electron chi connectivity index (χ3n) is 2.97. The summed E-state index contributed by atoms with van der Waals surface area (Å²) in [5.74, 6) is 0.678. The Bertz CT molecular complexity index is 314. The van der Waals surface area contributed by atoms with Gasteiger partial charge in [0.1, 0.15) is 0 Å². The third kappa shape index (κ3) is 1.54. The number of nitrogens with zero attached hydrogens (tertiary/aromatic N) is 3. The van der Waals surface area contributed by atoms with Gasteiger partial charge in [-0.25, -0.2) is 4.68 Å². The smallest absolute Gasteiger partial charge is 0.0997 e. The van der Waals surface area contributed by atoms with Crippen LogP contribution in [0.2, 0.25) is 0 Å². The molecule has 0 saturated heterocycles. The molecule has 1 heterocycles. The summed E-state index contributed by atoms with van der Waals surface area (Å²) in [5, 5.41) is 8.36. The molecule has 0 amide bonds. The Labute approximate surface area is 84.5 Å². The molecule has 14 heavy (non-hydrogen) atoms. The first-order valence-corrected chi connectivity index (χ1v) is 5.42. The van der Waals surface area contributed by atoms with Crippen molar-refractivity contribution in [3.8, 4) is 0 Å². The van der Waals surface area contributed by atoms with E-state index in [-0.39, 0.29) is 0 Å². The minimum Gasteiger partial charge on any atom is -0.325 e. The van der Waals surface area contributed by atoms with Crippen molar-refractivity contribution in [2.24, 2.45) is 5.73 Å². The molecule has 0 radical (unpaired) electrons. The van der Waals surface area contributed by atoms with E-state index in [2.05, 4.69) is 28.8 Å². The lowest BCUT2D eigenvalue weighted by Gasteiger charge is -2.12. The lowest BCUT2D eigenvalue weighted by molar-refractivity contribution is 0.448. The maximum absolute atomic E-state index is 5.66. The summed E-state index contributed by atoms with van der Waals surface area (Å²) < 4.78 is 2.07. The second-order valence-electron chi connectivity index (χ2n) is 4.10. The van der Waals surface area contributed by atoms with E-state index < -0.39 is 0 Å². The molecule has 0 spiro atoms. The highest BCUT2D eigenvalue weighted by molar-refractivity contribution is 5.20. The molecular weight excluding hydrogens is 176 g/mol. The van der Waals surface area contributed by atoms with Gasteiger partial charge in [-0.2, -0.15) is 0 Å². The minimum absolute atomic E-state index is 0.443. The van der Waals surface area contributed by atoms with Gasteiger partial charge in [0, 0.05) is 12.5 Å². The first-order chi connectivity index (χ1) is 6.77. The van der Waals surface area contributed by atoms with Crippen molar-refractivity contribution in [1.82, 2.24) is 15.0 Å². The summed E-state index contributed by atoms with van der Waals surface area (Å²) in [6, 6.07) is 0.443. The molecule has 1 aromatic rings. The van der Waals surface area contributed by atoms with Gasteiger partial charge in [-0.1, -0.05) is 12.1 Å². The second kappa shape index (κ2) is 3.69. The molecule has 1 atom stereocenters. The van der Waals surface area contributed by atoms with Crippen LogP contribution < -0.4 is 5.73 Å². The Morgan fingerprint density at radius 1 is 1.57 bits per heavy atom. The molecule has 78 valence electrons. The largest absolute Gasteiger partial charge is 0.325 e. The summed E-state index contributed by atoms with van der Waals surface area (Å²) in [6.07, 6.45) is 3.64. The summed E-state index contributed by atoms with van der Waals surface area (Å²) in [4.78, 5) is 0. The van der Waals surface area contributed by atoms with Gasteiger partial charge in [-0.05, 0) is 26.2 Å². The van der Waals surface area contributed by atoms with Crippen LogP contribution in [0.3, 0.4) is 0 Å². The van der Waals surface area contributed by atoms with Crippen molar-refractivity contribution in [3.05, 3.63) is 11.4 Å². The summed E-state index contributed by atoms with van der Waals surface area (Å²) >= 11 is 0. The Kier molecular flexibility index (Phi) is 2.54. The van der Waals surface area contributed by atoms with Crippen molar-refractivity contribution >= 4 is 0 Å².